The monoisotopic (exact) mass is 338 g/mol. The molecule has 0 spiro atoms. The van der Waals surface area contributed by atoms with Gasteiger partial charge in [0.05, 0.1) is 0 Å². The first-order valence-electron chi connectivity index (χ1n) is 6.11. The number of rotatable bonds is 2. The van der Waals surface area contributed by atoms with Crippen molar-refractivity contribution in [2.24, 2.45) is 0 Å². The average molecular weight is 339 g/mol. The lowest BCUT2D eigenvalue weighted by Gasteiger charge is -2.10. The van der Waals surface area contributed by atoms with Gasteiger partial charge in [-0.25, -0.2) is 0 Å². The fourth-order valence-electron chi connectivity index (χ4n) is 2.61. The number of benzene rings is 3. The molecular weight excluding hydrogens is 323 g/mol. The summed E-state index contributed by atoms with van der Waals surface area (Å²) in [4.78, 5) is 22.9. The number of aldehydes is 2. The van der Waals surface area contributed by atoms with Crippen molar-refractivity contribution in [1.82, 2.24) is 0 Å². The van der Waals surface area contributed by atoms with Gasteiger partial charge >= 0.3 is 0 Å². The minimum absolute atomic E-state index is 0. The van der Waals surface area contributed by atoms with Crippen molar-refractivity contribution >= 4 is 58.9 Å². The van der Waals surface area contributed by atoms with Gasteiger partial charge in [-0.05, 0) is 28.5 Å². The molecule has 0 aliphatic rings. The fraction of sp³-hybridized carbons (Fsp3) is 0.0588. The van der Waals surface area contributed by atoms with E-state index in [0.717, 1.165) is 39.7 Å². The maximum Gasteiger partial charge on any atom is 0.151 e. The Labute approximate surface area is 140 Å². The summed E-state index contributed by atoms with van der Waals surface area (Å²) < 4.78 is 0. The summed E-state index contributed by atoms with van der Waals surface area (Å²) in [7, 11) is 0. The lowest BCUT2D eigenvalue weighted by Crippen LogP contribution is -1.94. The van der Waals surface area contributed by atoms with Crippen molar-refractivity contribution in [1.29, 1.82) is 0 Å². The summed E-state index contributed by atoms with van der Waals surface area (Å²) in [5.74, 6) is 0. The molecular formula is C17H16Cl2O3. The second kappa shape index (κ2) is 7.90. The van der Waals surface area contributed by atoms with E-state index in [0.29, 0.717) is 11.1 Å². The van der Waals surface area contributed by atoms with Gasteiger partial charge in [0.15, 0.2) is 12.6 Å². The van der Waals surface area contributed by atoms with Crippen LogP contribution in [0.5, 0.6) is 0 Å². The standard InChI is InChI=1S/C17H12O2.2ClH.H2O/c1-11-6-7-14-15(8-11)17(10-19)13-5-3-2-4-12(13)16(14)9-18;;;/h2-10H,1H3;2*1H;1H2. The van der Waals surface area contributed by atoms with Crippen LogP contribution in [0.25, 0.3) is 21.5 Å². The first kappa shape index (κ1) is 20.1. The Morgan fingerprint density at radius 1 is 0.727 bits per heavy atom. The average Bonchev–Trinajstić information content (AvgIpc) is 2.44. The number of carbonyl (C=O) groups is 2. The Bertz CT molecular complexity index is 829. The van der Waals surface area contributed by atoms with Crippen LogP contribution in [0.3, 0.4) is 0 Å². The molecule has 0 atom stereocenters. The molecule has 0 aliphatic heterocycles. The van der Waals surface area contributed by atoms with Crippen LogP contribution in [-0.4, -0.2) is 18.0 Å². The van der Waals surface area contributed by atoms with Gasteiger partial charge in [-0.3, -0.25) is 9.59 Å². The van der Waals surface area contributed by atoms with E-state index in [4.69, 9.17) is 0 Å². The highest BCUT2D eigenvalue weighted by Gasteiger charge is 2.12. The van der Waals surface area contributed by atoms with Gasteiger partial charge in [0, 0.05) is 11.1 Å². The molecule has 0 aliphatic carbocycles. The highest BCUT2D eigenvalue weighted by molar-refractivity contribution is 6.20. The van der Waals surface area contributed by atoms with Crippen molar-refractivity contribution in [2.75, 3.05) is 0 Å². The van der Waals surface area contributed by atoms with Crippen LogP contribution in [-0.2, 0) is 0 Å². The zero-order valence-electron chi connectivity index (χ0n) is 11.8. The lowest BCUT2D eigenvalue weighted by atomic mass is 9.92. The first-order valence-corrected chi connectivity index (χ1v) is 6.11. The normalized spacial score (nSPS) is 9.32. The molecule has 0 heterocycles. The van der Waals surface area contributed by atoms with Gasteiger partial charge in [0.1, 0.15) is 0 Å². The molecule has 0 saturated carbocycles. The number of halogens is 2. The van der Waals surface area contributed by atoms with E-state index in [9.17, 15) is 9.59 Å². The van der Waals surface area contributed by atoms with E-state index in [1.165, 1.54) is 0 Å². The third-order valence-corrected chi connectivity index (χ3v) is 3.50. The van der Waals surface area contributed by atoms with Crippen LogP contribution in [0.15, 0.2) is 42.5 Å². The van der Waals surface area contributed by atoms with Crippen LogP contribution >= 0.6 is 24.8 Å². The van der Waals surface area contributed by atoms with Gasteiger partial charge in [0.25, 0.3) is 0 Å². The molecule has 22 heavy (non-hydrogen) atoms. The molecule has 0 aromatic heterocycles. The summed E-state index contributed by atoms with van der Waals surface area (Å²) in [6.07, 6.45) is 1.74. The molecule has 0 bridgehead atoms. The second-order valence-electron chi connectivity index (χ2n) is 4.66. The molecule has 3 aromatic rings. The van der Waals surface area contributed by atoms with Crippen molar-refractivity contribution in [3.63, 3.8) is 0 Å². The van der Waals surface area contributed by atoms with Gasteiger partial charge < -0.3 is 5.48 Å². The zero-order valence-corrected chi connectivity index (χ0v) is 13.5. The Hall–Kier alpha value is -1.94. The molecule has 0 unspecified atom stereocenters. The Kier molecular flexibility index (Phi) is 7.20. The molecule has 2 N–H and O–H groups in total. The Morgan fingerprint density at radius 3 is 1.68 bits per heavy atom. The maximum absolute atomic E-state index is 11.5. The molecule has 3 rings (SSSR count). The van der Waals surface area contributed by atoms with Gasteiger partial charge in [-0.15, -0.1) is 24.8 Å². The Morgan fingerprint density at radius 2 is 1.18 bits per heavy atom. The third-order valence-electron chi connectivity index (χ3n) is 3.50. The van der Waals surface area contributed by atoms with Crippen LogP contribution < -0.4 is 0 Å². The Balaban J connectivity index is 0.00000147. The van der Waals surface area contributed by atoms with Crippen molar-refractivity contribution in [3.05, 3.63) is 59.2 Å². The third kappa shape index (κ3) is 2.97. The summed E-state index contributed by atoms with van der Waals surface area (Å²) in [5, 5.41) is 3.34. The van der Waals surface area contributed by atoms with E-state index in [1.807, 2.05) is 49.4 Å². The summed E-state index contributed by atoms with van der Waals surface area (Å²) >= 11 is 0. The predicted molar refractivity (Wildman–Crippen MR) is 95.1 cm³/mol. The fourth-order valence-corrected chi connectivity index (χ4v) is 2.61. The number of carbonyl (C=O) groups excluding carboxylic acids is 2. The number of hydrogen-bond donors (Lipinski definition) is 0. The molecule has 5 heteroatoms. The summed E-state index contributed by atoms with van der Waals surface area (Å²) in [5.41, 5.74) is 2.37. The number of hydrogen-bond acceptors (Lipinski definition) is 2. The number of aryl methyl sites for hydroxylation is 1. The number of fused-ring (bicyclic) bond motifs is 2. The van der Waals surface area contributed by atoms with E-state index < -0.39 is 0 Å². The molecule has 0 amide bonds. The smallest absolute Gasteiger partial charge is 0.151 e. The van der Waals surface area contributed by atoms with E-state index in [-0.39, 0.29) is 30.3 Å². The predicted octanol–water partition coefficient (Wildman–Crippen LogP) is 3.95. The largest absolute Gasteiger partial charge is 0.412 e. The van der Waals surface area contributed by atoms with Crippen LogP contribution in [0.1, 0.15) is 26.3 Å². The topological polar surface area (TPSA) is 65.6 Å². The summed E-state index contributed by atoms with van der Waals surface area (Å²) in [6, 6.07) is 13.3. The van der Waals surface area contributed by atoms with Crippen LogP contribution in [0, 0.1) is 6.92 Å². The minimum Gasteiger partial charge on any atom is -0.412 e. The molecule has 0 fully saturated rings. The molecule has 3 nitrogen and oxygen atoms in total. The molecule has 116 valence electrons. The second-order valence-corrected chi connectivity index (χ2v) is 4.66. The molecule has 0 radical (unpaired) electrons. The molecule has 0 saturated heterocycles. The van der Waals surface area contributed by atoms with Crippen molar-refractivity contribution in [2.45, 2.75) is 6.92 Å². The lowest BCUT2D eigenvalue weighted by molar-refractivity contribution is 0.111. The molecule has 3 aromatic carbocycles. The van der Waals surface area contributed by atoms with Crippen molar-refractivity contribution < 1.29 is 15.1 Å². The minimum atomic E-state index is 0. The van der Waals surface area contributed by atoms with Gasteiger partial charge in [-0.2, -0.15) is 0 Å². The summed E-state index contributed by atoms with van der Waals surface area (Å²) in [6.45, 7) is 1.98. The maximum atomic E-state index is 11.5. The van der Waals surface area contributed by atoms with Crippen LogP contribution in [0.4, 0.5) is 0 Å². The van der Waals surface area contributed by atoms with Crippen molar-refractivity contribution in [3.8, 4) is 0 Å². The van der Waals surface area contributed by atoms with Crippen LogP contribution in [0.2, 0.25) is 0 Å². The van der Waals surface area contributed by atoms with Gasteiger partial charge in [-0.1, -0.05) is 48.0 Å². The first-order chi connectivity index (χ1) is 9.26. The van der Waals surface area contributed by atoms with E-state index >= 15 is 0 Å². The van der Waals surface area contributed by atoms with E-state index in [2.05, 4.69) is 0 Å². The SMILES string of the molecule is Cc1ccc2c(C=O)c3ccccc3c(C=O)c2c1.Cl.Cl.O. The quantitative estimate of drug-likeness (QED) is 0.524. The van der Waals surface area contributed by atoms with Gasteiger partial charge in [0.2, 0.25) is 0 Å². The zero-order chi connectivity index (χ0) is 13.4. The van der Waals surface area contributed by atoms with E-state index in [1.54, 1.807) is 0 Å². The highest BCUT2D eigenvalue weighted by atomic mass is 35.5. The highest BCUT2D eigenvalue weighted by Crippen LogP contribution is 2.31.